The number of hydrogen-bond donors (Lipinski definition) is 1. The third-order valence-electron chi connectivity index (χ3n) is 5.41. The van der Waals surface area contributed by atoms with Crippen molar-refractivity contribution in [3.63, 3.8) is 0 Å². The summed E-state index contributed by atoms with van der Waals surface area (Å²) in [6.07, 6.45) is 4.46. The average Bonchev–Trinajstić information content (AvgIpc) is 3.57. The summed E-state index contributed by atoms with van der Waals surface area (Å²) in [5.41, 5.74) is 5.08. The zero-order valence-electron chi connectivity index (χ0n) is 15.7. The van der Waals surface area contributed by atoms with E-state index in [-0.39, 0.29) is 5.91 Å². The predicted octanol–water partition coefficient (Wildman–Crippen LogP) is 3.22. The van der Waals surface area contributed by atoms with Crippen molar-refractivity contribution < 1.29 is 9.32 Å². The van der Waals surface area contributed by atoms with Crippen molar-refractivity contribution in [1.29, 1.82) is 0 Å². The molecule has 0 aliphatic heterocycles. The van der Waals surface area contributed by atoms with Crippen LogP contribution in [0.2, 0.25) is 0 Å². The highest BCUT2D eigenvalue weighted by atomic mass is 16.5. The number of pyridine rings is 1. The van der Waals surface area contributed by atoms with Crippen LogP contribution >= 0.6 is 0 Å². The number of aromatic nitrogens is 4. The van der Waals surface area contributed by atoms with Crippen LogP contribution in [0.3, 0.4) is 0 Å². The molecule has 3 aromatic rings. The van der Waals surface area contributed by atoms with Crippen molar-refractivity contribution in [1.82, 2.24) is 25.2 Å². The quantitative estimate of drug-likeness (QED) is 0.725. The van der Waals surface area contributed by atoms with Crippen molar-refractivity contribution >= 4 is 17.0 Å². The molecule has 27 heavy (non-hydrogen) atoms. The first-order valence-corrected chi connectivity index (χ1v) is 9.69. The molecule has 2 fully saturated rings. The minimum atomic E-state index is -0.0871. The van der Waals surface area contributed by atoms with Crippen LogP contribution in [0.1, 0.15) is 70.7 Å². The van der Waals surface area contributed by atoms with Crippen LogP contribution in [0.15, 0.2) is 16.7 Å². The summed E-state index contributed by atoms with van der Waals surface area (Å²) >= 11 is 0. The van der Waals surface area contributed by atoms with Crippen LogP contribution in [-0.2, 0) is 6.54 Å². The van der Waals surface area contributed by atoms with E-state index in [0.29, 0.717) is 36.2 Å². The summed E-state index contributed by atoms with van der Waals surface area (Å²) in [4.78, 5) is 17.6. The van der Waals surface area contributed by atoms with Crippen molar-refractivity contribution in [2.75, 3.05) is 6.54 Å². The SMILES string of the molecule is Cc1cc(C)n(CCNC(=O)c2cc(C3CC3)nc3onc(C4CC4)c23)n1. The maximum Gasteiger partial charge on any atom is 0.259 e. The molecule has 7 heteroatoms. The van der Waals surface area contributed by atoms with Gasteiger partial charge in [-0.25, -0.2) is 4.98 Å². The molecule has 2 saturated carbocycles. The third kappa shape index (κ3) is 3.11. The Morgan fingerprint density at radius 2 is 2.00 bits per heavy atom. The summed E-state index contributed by atoms with van der Waals surface area (Å²) in [6.45, 7) is 5.16. The van der Waals surface area contributed by atoms with Gasteiger partial charge in [-0.1, -0.05) is 5.16 Å². The molecule has 5 rings (SSSR count). The highest BCUT2D eigenvalue weighted by Crippen LogP contribution is 2.45. The molecule has 0 radical (unpaired) electrons. The molecule has 0 saturated heterocycles. The molecule has 0 aromatic carbocycles. The normalized spacial score (nSPS) is 16.8. The van der Waals surface area contributed by atoms with Crippen LogP contribution in [-0.4, -0.2) is 32.4 Å². The number of carbonyl (C=O) groups is 1. The number of aryl methyl sites for hydroxylation is 2. The molecule has 140 valence electrons. The van der Waals surface area contributed by atoms with Crippen LogP contribution in [0.25, 0.3) is 11.1 Å². The number of rotatable bonds is 6. The molecule has 1 N–H and O–H groups in total. The topological polar surface area (TPSA) is 85.8 Å². The predicted molar refractivity (Wildman–Crippen MR) is 99.8 cm³/mol. The molecule has 2 aliphatic rings. The first kappa shape index (κ1) is 16.5. The van der Waals surface area contributed by atoms with Crippen molar-refractivity contribution in [3.05, 3.63) is 40.5 Å². The van der Waals surface area contributed by atoms with Crippen LogP contribution in [0.5, 0.6) is 0 Å². The molecule has 0 bridgehead atoms. The van der Waals surface area contributed by atoms with Crippen molar-refractivity contribution in [2.24, 2.45) is 0 Å². The van der Waals surface area contributed by atoms with Gasteiger partial charge >= 0.3 is 0 Å². The van der Waals surface area contributed by atoms with E-state index in [1.54, 1.807) is 0 Å². The van der Waals surface area contributed by atoms with Gasteiger partial charge in [-0.15, -0.1) is 0 Å². The van der Waals surface area contributed by atoms with E-state index < -0.39 is 0 Å². The molecular weight excluding hydrogens is 342 g/mol. The summed E-state index contributed by atoms with van der Waals surface area (Å²) in [7, 11) is 0. The van der Waals surface area contributed by atoms with Crippen molar-refractivity contribution in [3.8, 4) is 0 Å². The Kier molecular flexibility index (Phi) is 3.77. The second-order valence-corrected chi connectivity index (χ2v) is 7.80. The summed E-state index contributed by atoms with van der Waals surface area (Å²) in [6, 6.07) is 3.98. The Balaban J connectivity index is 1.41. The van der Waals surface area contributed by atoms with Gasteiger partial charge in [-0.2, -0.15) is 5.10 Å². The maximum absolute atomic E-state index is 13.0. The second-order valence-electron chi connectivity index (χ2n) is 7.80. The Morgan fingerprint density at radius 1 is 1.22 bits per heavy atom. The minimum absolute atomic E-state index is 0.0871. The Hall–Kier alpha value is -2.70. The van der Waals surface area contributed by atoms with Gasteiger partial charge in [0.05, 0.1) is 28.9 Å². The van der Waals surface area contributed by atoms with Gasteiger partial charge in [0.15, 0.2) is 0 Å². The zero-order valence-corrected chi connectivity index (χ0v) is 15.7. The van der Waals surface area contributed by atoms with Gasteiger partial charge in [-0.3, -0.25) is 9.48 Å². The van der Waals surface area contributed by atoms with E-state index in [0.717, 1.165) is 53.8 Å². The molecule has 7 nitrogen and oxygen atoms in total. The molecular formula is C20H23N5O2. The van der Waals surface area contributed by atoms with E-state index in [4.69, 9.17) is 4.52 Å². The largest absolute Gasteiger partial charge is 0.350 e. The lowest BCUT2D eigenvalue weighted by molar-refractivity contribution is 0.0953. The number of nitrogens with one attached hydrogen (secondary N) is 1. The van der Waals surface area contributed by atoms with Gasteiger partial charge in [0.25, 0.3) is 11.6 Å². The summed E-state index contributed by atoms with van der Waals surface area (Å²) in [5.74, 6) is 0.766. The minimum Gasteiger partial charge on any atom is -0.350 e. The number of hydrogen-bond acceptors (Lipinski definition) is 5. The lowest BCUT2D eigenvalue weighted by Crippen LogP contribution is -2.28. The number of amides is 1. The highest BCUT2D eigenvalue weighted by Gasteiger charge is 2.34. The summed E-state index contributed by atoms with van der Waals surface area (Å²) < 4.78 is 7.42. The molecule has 0 spiro atoms. The number of carbonyl (C=O) groups excluding carboxylic acids is 1. The van der Waals surface area contributed by atoms with E-state index in [2.05, 4.69) is 20.6 Å². The van der Waals surface area contributed by atoms with E-state index in [1.165, 1.54) is 0 Å². The molecule has 3 heterocycles. The smallest absolute Gasteiger partial charge is 0.259 e. The fourth-order valence-electron chi connectivity index (χ4n) is 3.67. The van der Waals surface area contributed by atoms with Gasteiger partial charge in [0.1, 0.15) is 0 Å². The lowest BCUT2D eigenvalue weighted by Gasteiger charge is -2.09. The molecule has 2 aliphatic carbocycles. The van der Waals surface area contributed by atoms with Crippen LogP contribution in [0, 0.1) is 13.8 Å². The molecule has 1 amide bonds. The number of nitrogens with zero attached hydrogens (tertiary/aromatic N) is 4. The van der Waals surface area contributed by atoms with Gasteiger partial charge in [0.2, 0.25) is 0 Å². The maximum atomic E-state index is 13.0. The summed E-state index contributed by atoms with van der Waals surface area (Å²) in [5, 5.41) is 12.5. The Morgan fingerprint density at radius 3 is 2.67 bits per heavy atom. The lowest BCUT2D eigenvalue weighted by atomic mass is 10.1. The van der Waals surface area contributed by atoms with Gasteiger partial charge in [0, 0.05) is 29.8 Å². The van der Waals surface area contributed by atoms with Crippen molar-refractivity contribution in [2.45, 2.75) is 57.9 Å². The molecule has 0 unspecified atom stereocenters. The van der Waals surface area contributed by atoms with E-state index >= 15 is 0 Å². The van der Waals surface area contributed by atoms with Crippen LogP contribution < -0.4 is 5.32 Å². The number of fused-ring (bicyclic) bond motifs is 1. The highest BCUT2D eigenvalue weighted by molar-refractivity contribution is 6.06. The standard InChI is InChI=1S/C20H23N5O2/c1-11-9-12(2)25(23-11)8-7-21-19(26)15-10-16(13-3-4-13)22-20-17(15)18(24-27-20)14-5-6-14/h9-10,13-14H,3-8H2,1-2H3,(H,21,26). The first-order valence-electron chi connectivity index (χ1n) is 9.69. The van der Waals surface area contributed by atoms with Gasteiger partial charge < -0.3 is 9.84 Å². The second kappa shape index (κ2) is 6.18. The van der Waals surface area contributed by atoms with E-state index in [1.807, 2.05) is 30.7 Å². The third-order valence-corrected chi connectivity index (χ3v) is 5.41. The van der Waals surface area contributed by atoms with Gasteiger partial charge in [-0.05, 0) is 51.7 Å². The molecule has 0 atom stereocenters. The zero-order chi connectivity index (χ0) is 18.5. The Bertz CT molecular complexity index is 1030. The molecule has 3 aromatic heterocycles. The fraction of sp³-hybridized carbons (Fsp3) is 0.500. The first-order chi connectivity index (χ1) is 13.1. The monoisotopic (exact) mass is 365 g/mol. The van der Waals surface area contributed by atoms with E-state index in [9.17, 15) is 4.79 Å². The average molecular weight is 365 g/mol. The fourth-order valence-corrected chi connectivity index (χ4v) is 3.67. The Labute approximate surface area is 157 Å². The van der Waals surface area contributed by atoms with Crippen LogP contribution in [0.4, 0.5) is 0 Å².